The molecule has 19 heavy (non-hydrogen) atoms. The molecule has 0 bridgehead atoms. The van der Waals surface area contributed by atoms with Crippen molar-refractivity contribution in [3.63, 3.8) is 0 Å². The number of hydrogen-bond donors (Lipinski definition) is 1. The monoisotopic (exact) mass is 263 g/mol. The Bertz CT molecular complexity index is 468. The largest absolute Gasteiger partial charge is 0.480 e. The number of aryl methyl sites for hydroxylation is 1. The summed E-state index contributed by atoms with van der Waals surface area (Å²) >= 11 is 0. The first-order valence-corrected chi connectivity index (χ1v) is 7.18. The molecule has 1 saturated carbocycles. The van der Waals surface area contributed by atoms with Gasteiger partial charge in [0.25, 0.3) is 0 Å². The molecule has 2 fully saturated rings. The molecule has 104 valence electrons. The Labute approximate surface area is 113 Å². The van der Waals surface area contributed by atoms with E-state index in [1.54, 1.807) is 6.26 Å². The number of nitrogens with zero attached hydrogens (tertiary/aromatic N) is 1. The number of aliphatic carboxylic acids is 1. The number of carboxylic acid groups (broad SMARTS) is 1. The first-order chi connectivity index (χ1) is 9.16. The van der Waals surface area contributed by atoms with Gasteiger partial charge in [-0.25, -0.2) is 0 Å². The van der Waals surface area contributed by atoms with Crippen molar-refractivity contribution in [1.29, 1.82) is 0 Å². The van der Waals surface area contributed by atoms with Gasteiger partial charge in [-0.05, 0) is 43.7 Å². The molecule has 3 unspecified atom stereocenters. The van der Waals surface area contributed by atoms with E-state index in [-0.39, 0.29) is 6.04 Å². The lowest BCUT2D eigenvalue weighted by Crippen LogP contribution is -2.41. The number of fused-ring (bicyclic) bond motifs is 1. The van der Waals surface area contributed by atoms with E-state index >= 15 is 0 Å². The SMILES string of the molecule is Cc1ccoc1CN1C(C(=O)O)CC2CCCCC21. The molecule has 1 aromatic rings. The number of furan rings is 1. The fourth-order valence-electron chi connectivity index (χ4n) is 3.75. The van der Waals surface area contributed by atoms with E-state index in [9.17, 15) is 9.90 Å². The molecule has 3 atom stereocenters. The van der Waals surface area contributed by atoms with Crippen LogP contribution in [0.5, 0.6) is 0 Å². The number of likely N-dealkylation sites (tertiary alicyclic amines) is 1. The van der Waals surface area contributed by atoms with E-state index in [4.69, 9.17) is 4.42 Å². The van der Waals surface area contributed by atoms with Crippen molar-refractivity contribution >= 4 is 5.97 Å². The van der Waals surface area contributed by atoms with Crippen LogP contribution in [0.1, 0.15) is 43.4 Å². The highest BCUT2D eigenvalue weighted by atomic mass is 16.4. The van der Waals surface area contributed by atoms with Crippen LogP contribution in [0.2, 0.25) is 0 Å². The van der Waals surface area contributed by atoms with Crippen molar-refractivity contribution in [3.05, 3.63) is 23.7 Å². The Kier molecular flexibility index (Phi) is 3.35. The molecular formula is C15H21NO3. The molecule has 1 saturated heterocycles. The molecule has 1 aromatic heterocycles. The van der Waals surface area contributed by atoms with Crippen molar-refractivity contribution in [2.75, 3.05) is 0 Å². The highest BCUT2D eigenvalue weighted by Crippen LogP contribution is 2.40. The summed E-state index contributed by atoms with van der Waals surface area (Å²) in [5.74, 6) is 0.793. The van der Waals surface area contributed by atoms with Gasteiger partial charge in [0.15, 0.2) is 0 Å². The highest BCUT2D eigenvalue weighted by Gasteiger charge is 2.45. The minimum absolute atomic E-state index is 0.336. The summed E-state index contributed by atoms with van der Waals surface area (Å²) in [5.41, 5.74) is 1.11. The predicted octanol–water partition coefficient (Wildman–Crippen LogP) is 2.81. The maximum atomic E-state index is 11.5. The second-order valence-corrected chi connectivity index (χ2v) is 5.90. The van der Waals surface area contributed by atoms with E-state index < -0.39 is 5.97 Å². The van der Waals surface area contributed by atoms with Crippen molar-refractivity contribution in [3.8, 4) is 0 Å². The molecule has 0 amide bonds. The molecule has 2 aliphatic rings. The third kappa shape index (κ3) is 2.29. The maximum absolute atomic E-state index is 11.5. The quantitative estimate of drug-likeness (QED) is 0.911. The molecule has 0 spiro atoms. The van der Waals surface area contributed by atoms with Crippen LogP contribution in [0, 0.1) is 12.8 Å². The van der Waals surface area contributed by atoms with Crippen LogP contribution in [0.15, 0.2) is 16.7 Å². The number of carboxylic acids is 1. The van der Waals surface area contributed by atoms with Crippen LogP contribution in [-0.2, 0) is 11.3 Å². The van der Waals surface area contributed by atoms with Crippen molar-refractivity contribution in [2.24, 2.45) is 5.92 Å². The Balaban J connectivity index is 1.82. The van der Waals surface area contributed by atoms with Gasteiger partial charge in [-0.2, -0.15) is 0 Å². The van der Waals surface area contributed by atoms with Crippen LogP contribution < -0.4 is 0 Å². The Hall–Kier alpha value is -1.29. The molecular weight excluding hydrogens is 242 g/mol. The number of rotatable bonds is 3. The van der Waals surface area contributed by atoms with Crippen LogP contribution in [0.4, 0.5) is 0 Å². The molecule has 4 nitrogen and oxygen atoms in total. The summed E-state index contributed by atoms with van der Waals surface area (Å²) in [7, 11) is 0. The lowest BCUT2D eigenvalue weighted by atomic mass is 9.85. The Morgan fingerprint density at radius 2 is 2.26 bits per heavy atom. The van der Waals surface area contributed by atoms with E-state index in [0.717, 1.165) is 24.2 Å². The van der Waals surface area contributed by atoms with Crippen molar-refractivity contribution in [1.82, 2.24) is 4.90 Å². The van der Waals surface area contributed by atoms with Gasteiger partial charge in [-0.1, -0.05) is 12.8 Å². The number of hydrogen-bond acceptors (Lipinski definition) is 3. The molecule has 1 N–H and O–H groups in total. The second kappa shape index (κ2) is 5.00. The normalized spacial score (nSPS) is 31.3. The van der Waals surface area contributed by atoms with Crippen LogP contribution in [0.25, 0.3) is 0 Å². The summed E-state index contributed by atoms with van der Waals surface area (Å²) < 4.78 is 5.50. The summed E-state index contributed by atoms with van der Waals surface area (Å²) in [5, 5.41) is 9.46. The fraction of sp³-hybridized carbons (Fsp3) is 0.667. The first-order valence-electron chi connectivity index (χ1n) is 7.18. The van der Waals surface area contributed by atoms with Gasteiger partial charge < -0.3 is 9.52 Å². The van der Waals surface area contributed by atoms with Crippen molar-refractivity contribution in [2.45, 2.75) is 57.7 Å². The average Bonchev–Trinajstić information content (AvgIpc) is 2.95. The maximum Gasteiger partial charge on any atom is 0.320 e. The topological polar surface area (TPSA) is 53.7 Å². The Morgan fingerprint density at radius 1 is 1.47 bits per heavy atom. The molecule has 1 aliphatic heterocycles. The van der Waals surface area contributed by atoms with E-state index in [1.807, 2.05) is 13.0 Å². The highest BCUT2D eigenvalue weighted by molar-refractivity contribution is 5.74. The van der Waals surface area contributed by atoms with Crippen molar-refractivity contribution < 1.29 is 14.3 Å². The summed E-state index contributed by atoms with van der Waals surface area (Å²) in [4.78, 5) is 13.7. The molecule has 3 rings (SSSR count). The Morgan fingerprint density at radius 3 is 2.95 bits per heavy atom. The van der Waals surface area contributed by atoms with Gasteiger partial charge >= 0.3 is 5.97 Å². The molecule has 0 radical (unpaired) electrons. The molecule has 4 heteroatoms. The average molecular weight is 263 g/mol. The first kappa shape index (κ1) is 12.7. The van der Waals surface area contributed by atoms with Gasteiger partial charge in [-0.3, -0.25) is 9.69 Å². The van der Waals surface area contributed by atoms with Gasteiger partial charge in [0.1, 0.15) is 11.8 Å². The molecule has 2 heterocycles. The minimum atomic E-state index is -0.682. The zero-order valence-electron chi connectivity index (χ0n) is 11.3. The van der Waals surface area contributed by atoms with E-state index in [2.05, 4.69) is 4.90 Å². The smallest absolute Gasteiger partial charge is 0.320 e. The second-order valence-electron chi connectivity index (χ2n) is 5.90. The van der Waals surface area contributed by atoms with Crippen LogP contribution in [-0.4, -0.2) is 28.1 Å². The predicted molar refractivity (Wildman–Crippen MR) is 70.8 cm³/mol. The van der Waals surface area contributed by atoms with E-state index in [1.165, 1.54) is 19.3 Å². The standard InChI is InChI=1S/C15H21NO3/c1-10-6-7-19-14(10)9-16-12-5-3-2-4-11(12)8-13(16)15(17)18/h6-7,11-13H,2-5,8-9H2,1H3,(H,17,18). The lowest BCUT2D eigenvalue weighted by molar-refractivity contribution is -0.143. The van der Waals surface area contributed by atoms with E-state index in [0.29, 0.717) is 18.5 Å². The van der Waals surface area contributed by atoms with Gasteiger partial charge in [0.2, 0.25) is 0 Å². The molecule has 0 aromatic carbocycles. The molecule has 1 aliphatic carbocycles. The van der Waals surface area contributed by atoms with Gasteiger partial charge in [-0.15, -0.1) is 0 Å². The third-order valence-electron chi connectivity index (χ3n) is 4.80. The number of carbonyl (C=O) groups is 1. The summed E-state index contributed by atoms with van der Waals surface area (Å²) in [6.45, 7) is 2.65. The summed E-state index contributed by atoms with van der Waals surface area (Å²) in [6, 6.07) is 2.04. The zero-order valence-corrected chi connectivity index (χ0v) is 11.3. The van der Waals surface area contributed by atoms with Crippen LogP contribution in [0.3, 0.4) is 0 Å². The fourth-order valence-corrected chi connectivity index (χ4v) is 3.75. The minimum Gasteiger partial charge on any atom is -0.480 e. The zero-order chi connectivity index (χ0) is 13.4. The van der Waals surface area contributed by atoms with Gasteiger partial charge in [0, 0.05) is 6.04 Å². The third-order valence-corrected chi connectivity index (χ3v) is 4.80. The summed E-state index contributed by atoms with van der Waals surface area (Å²) in [6.07, 6.45) is 7.28. The van der Waals surface area contributed by atoms with Crippen LogP contribution >= 0.6 is 0 Å². The lowest BCUT2D eigenvalue weighted by Gasteiger charge is -2.32. The van der Waals surface area contributed by atoms with Gasteiger partial charge in [0.05, 0.1) is 12.8 Å².